The second-order valence-electron chi connectivity index (χ2n) is 3.57. The number of aryl methyl sites for hydroxylation is 1. The van der Waals surface area contributed by atoms with E-state index in [0.29, 0.717) is 0 Å². The Morgan fingerprint density at radius 2 is 2.40 bits per heavy atom. The molecule has 0 spiro atoms. The normalized spacial score (nSPS) is 10.8. The molecule has 80 valence electrons. The van der Waals surface area contributed by atoms with Gasteiger partial charge < -0.3 is 9.88 Å². The third-order valence-electron chi connectivity index (χ3n) is 2.20. The van der Waals surface area contributed by atoms with E-state index in [2.05, 4.69) is 33.3 Å². The predicted octanol–water partition coefficient (Wildman–Crippen LogP) is 2.02. The van der Waals surface area contributed by atoms with Crippen LogP contribution in [-0.2, 0) is 13.1 Å². The Bertz CT molecular complexity index is 430. The molecule has 0 bridgehead atoms. The lowest BCUT2D eigenvalue weighted by Crippen LogP contribution is -2.04. The molecule has 1 N–H and O–H groups in total. The molecule has 0 aromatic carbocycles. The molecule has 4 heteroatoms. The van der Waals surface area contributed by atoms with Crippen LogP contribution in [0.25, 0.3) is 0 Å². The van der Waals surface area contributed by atoms with Gasteiger partial charge in [0.05, 0.1) is 11.6 Å². The molecule has 0 aliphatic carbocycles. The van der Waals surface area contributed by atoms with Gasteiger partial charge in [-0.05, 0) is 25.6 Å². The molecule has 0 unspecified atom stereocenters. The molecule has 2 rings (SSSR count). The van der Waals surface area contributed by atoms with Crippen LogP contribution in [0, 0.1) is 6.92 Å². The summed E-state index contributed by atoms with van der Waals surface area (Å²) in [5, 5.41) is 4.27. The summed E-state index contributed by atoms with van der Waals surface area (Å²) in [6.07, 6.45) is 6.24. The molecule has 0 atom stereocenters. The highest BCUT2D eigenvalue weighted by molar-refractivity contribution is 7.11. The quantitative estimate of drug-likeness (QED) is 0.856. The van der Waals surface area contributed by atoms with Gasteiger partial charge >= 0.3 is 0 Å². The Balaban J connectivity index is 2.04. The van der Waals surface area contributed by atoms with Crippen molar-refractivity contribution in [2.45, 2.75) is 20.0 Å². The van der Waals surface area contributed by atoms with Gasteiger partial charge in [-0.15, -0.1) is 11.3 Å². The lowest BCUT2D eigenvalue weighted by atomic mass is 10.3. The average molecular weight is 221 g/mol. The molecule has 0 aliphatic rings. The molecule has 0 saturated carbocycles. The Labute approximate surface area is 93.8 Å². The predicted molar refractivity (Wildman–Crippen MR) is 63.1 cm³/mol. The zero-order valence-corrected chi connectivity index (χ0v) is 9.84. The van der Waals surface area contributed by atoms with Crippen LogP contribution in [0.1, 0.15) is 15.4 Å². The maximum atomic E-state index is 4.25. The van der Waals surface area contributed by atoms with Gasteiger partial charge in [0.15, 0.2) is 0 Å². The Hall–Kier alpha value is -1.13. The van der Waals surface area contributed by atoms with Crippen LogP contribution < -0.4 is 5.32 Å². The van der Waals surface area contributed by atoms with E-state index >= 15 is 0 Å². The van der Waals surface area contributed by atoms with Crippen molar-refractivity contribution in [2.75, 3.05) is 7.05 Å². The van der Waals surface area contributed by atoms with Gasteiger partial charge in [0.1, 0.15) is 0 Å². The van der Waals surface area contributed by atoms with E-state index < -0.39 is 0 Å². The van der Waals surface area contributed by atoms with Crippen molar-refractivity contribution in [1.29, 1.82) is 0 Å². The third kappa shape index (κ3) is 2.67. The first-order valence-electron chi connectivity index (χ1n) is 4.98. The van der Waals surface area contributed by atoms with Gasteiger partial charge in [-0.1, -0.05) is 0 Å². The molecule has 0 amide bonds. The fourth-order valence-electron chi connectivity index (χ4n) is 1.56. The average Bonchev–Trinajstić information content (AvgIpc) is 2.78. The monoisotopic (exact) mass is 221 g/mol. The summed E-state index contributed by atoms with van der Waals surface area (Å²) in [6.45, 7) is 3.89. The minimum atomic E-state index is 0.925. The lowest BCUT2D eigenvalue weighted by Gasteiger charge is -1.98. The Morgan fingerprint density at radius 3 is 3.07 bits per heavy atom. The van der Waals surface area contributed by atoms with Crippen molar-refractivity contribution in [3.05, 3.63) is 40.1 Å². The van der Waals surface area contributed by atoms with E-state index in [9.17, 15) is 0 Å². The first-order chi connectivity index (χ1) is 7.28. The fourth-order valence-corrected chi connectivity index (χ4v) is 2.36. The number of hydrogen-bond acceptors (Lipinski definition) is 3. The fraction of sp³-hybridized carbons (Fsp3) is 0.364. The van der Waals surface area contributed by atoms with Gasteiger partial charge in [-0.2, -0.15) is 0 Å². The van der Waals surface area contributed by atoms with Crippen LogP contribution in [0.4, 0.5) is 0 Å². The number of thiazole rings is 1. The largest absolute Gasteiger partial charge is 0.349 e. The maximum absolute atomic E-state index is 4.25. The molecule has 2 aromatic heterocycles. The zero-order valence-electron chi connectivity index (χ0n) is 9.03. The van der Waals surface area contributed by atoms with Crippen LogP contribution in [0.2, 0.25) is 0 Å². The van der Waals surface area contributed by atoms with Crippen molar-refractivity contribution in [3.8, 4) is 0 Å². The summed E-state index contributed by atoms with van der Waals surface area (Å²) < 4.78 is 2.19. The lowest BCUT2D eigenvalue weighted by molar-refractivity contribution is 0.788. The standard InChI is InChI=1S/C11H15N3S/c1-9-13-6-11(15-9)8-14-4-3-10(7-14)5-12-2/h3-4,6-7,12H,5,8H2,1-2H3. The van der Waals surface area contributed by atoms with E-state index in [-0.39, 0.29) is 0 Å². The SMILES string of the molecule is CNCc1ccn(Cc2cnc(C)s2)c1. The van der Waals surface area contributed by atoms with E-state index in [4.69, 9.17) is 0 Å². The number of aromatic nitrogens is 2. The van der Waals surface area contributed by atoms with Gasteiger partial charge in [-0.25, -0.2) is 4.98 Å². The summed E-state index contributed by atoms with van der Waals surface area (Å²) in [5.74, 6) is 0. The van der Waals surface area contributed by atoms with Crippen molar-refractivity contribution in [1.82, 2.24) is 14.9 Å². The number of nitrogens with one attached hydrogen (secondary N) is 1. The maximum Gasteiger partial charge on any atom is 0.0897 e. The molecule has 2 aromatic rings. The summed E-state index contributed by atoms with van der Waals surface area (Å²) in [4.78, 5) is 5.55. The highest BCUT2D eigenvalue weighted by Crippen LogP contribution is 2.13. The van der Waals surface area contributed by atoms with E-state index in [1.807, 2.05) is 20.2 Å². The van der Waals surface area contributed by atoms with Crippen LogP contribution in [0.5, 0.6) is 0 Å². The highest BCUT2D eigenvalue weighted by atomic mass is 32.1. The second-order valence-corrected chi connectivity index (χ2v) is 4.89. The molecule has 3 nitrogen and oxygen atoms in total. The molecular formula is C11H15N3S. The summed E-state index contributed by atoms with van der Waals surface area (Å²) in [7, 11) is 1.96. The topological polar surface area (TPSA) is 29.9 Å². The Kier molecular flexibility index (Phi) is 3.18. The number of rotatable bonds is 4. The third-order valence-corrected chi connectivity index (χ3v) is 3.10. The van der Waals surface area contributed by atoms with Crippen LogP contribution in [-0.4, -0.2) is 16.6 Å². The molecule has 0 aliphatic heterocycles. The molecule has 15 heavy (non-hydrogen) atoms. The number of hydrogen-bond donors (Lipinski definition) is 1. The van der Waals surface area contributed by atoms with Gasteiger partial charge in [0.25, 0.3) is 0 Å². The second kappa shape index (κ2) is 4.59. The molecule has 2 heterocycles. The molecule has 0 saturated heterocycles. The van der Waals surface area contributed by atoms with Crippen molar-refractivity contribution in [2.24, 2.45) is 0 Å². The molecular weight excluding hydrogens is 206 g/mol. The summed E-state index contributed by atoms with van der Waals surface area (Å²) >= 11 is 1.76. The first kappa shape index (κ1) is 10.4. The van der Waals surface area contributed by atoms with Crippen molar-refractivity contribution < 1.29 is 0 Å². The van der Waals surface area contributed by atoms with Crippen molar-refractivity contribution in [3.63, 3.8) is 0 Å². The first-order valence-corrected chi connectivity index (χ1v) is 5.80. The summed E-state index contributed by atoms with van der Waals surface area (Å²) in [5.41, 5.74) is 1.32. The van der Waals surface area contributed by atoms with Gasteiger partial charge in [0.2, 0.25) is 0 Å². The molecule has 0 fully saturated rings. The minimum absolute atomic E-state index is 0.925. The van der Waals surface area contributed by atoms with Gasteiger partial charge in [0, 0.05) is 30.0 Å². The highest BCUT2D eigenvalue weighted by Gasteiger charge is 2.00. The van der Waals surface area contributed by atoms with Crippen LogP contribution in [0.3, 0.4) is 0 Å². The minimum Gasteiger partial charge on any atom is -0.349 e. The van der Waals surface area contributed by atoms with Crippen LogP contribution >= 0.6 is 11.3 Å². The van der Waals surface area contributed by atoms with Crippen LogP contribution in [0.15, 0.2) is 24.7 Å². The van der Waals surface area contributed by atoms with E-state index in [1.54, 1.807) is 11.3 Å². The van der Waals surface area contributed by atoms with E-state index in [1.165, 1.54) is 10.4 Å². The number of nitrogens with zero attached hydrogens (tertiary/aromatic N) is 2. The van der Waals surface area contributed by atoms with Gasteiger partial charge in [-0.3, -0.25) is 0 Å². The summed E-state index contributed by atoms with van der Waals surface area (Å²) in [6, 6.07) is 2.14. The Morgan fingerprint density at radius 1 is 1.53 bits per heavy atom. The zero-order chi connectivity index (χ0) is 10.7. The van der Waals surface area contributed by atoms with Crippen molar-refractivity contribution >= 4 is 11.3 Å². The smallest absolute Gasteiger partial charge is 0.0897 e. The van der Waals surface area contributed by atoms with E-state index in [0.717, 1.165) is 18.1 Å². The molecule has 0 radical (unpaired) electrons.